The molecule has 19 heavy (non-hydrogen) atoms. The maximum atomic E-state index is 13.6. The van der Waals surface area contributed by atoms with Gasteiger partial charge in [0.1, 0.15) is 5.82 Å². The third kappa shape index (κ3) is 3.22. The molecular weight excluding hydrogens is 272 g/mol. The molecule has 2 aromatic carbocycles. The van der Waals surface area contributed by atoms with Crippen molar-refractivity contribution in [1.82, 2.24) is 0 Å². The SMILES string of the molecule is OC(CNc1cccc(Cl)c1F)c1ccccc1F. The van der Waals surface area contributed by atoms with E-state index in [0.717, 1.165) is 0 Å². The lowest BCUT2D eigenvalue weighted by Crippen LogP contribution is -2.14. The van der Waals surface area contributed by atoms with E-state index in [9.17, 15) is 13.9 Å². The fourth-order valence-electron chi connectivity index (χ4n) is 1.70. The lowest BCUT2D eigenvalue weighted by atomic mass is 10.1. The van der Waals surface area contributed by atoms with Gasteiger partial charge in [0.2, 0.25) is 0 Å². The second-order valence-corrected chi connectivity index (χ2v) is 4.43. The molecule has 0 amide bonds. The fraction of sp³-hybridized carbons (Fsp3) is 0.143. The van der Waals surface area contributed by atoms with Gasteiger partial charge in [0.05, 0.1) is 16.8 Å². The Morgan fingerprint density at radius 1 is 1.11 bits per heavy atom. The molecule has 0 aliphatic rings. The minimum Gasteiger partial charge on any atom is -0.386 e. The standard InChI is InChI=1S/C14H12ClF2NO/c15-10-5-3-7-12(14(10)17)18-8-13(19)9-4-1-2-6-11(9)16/h1-7,13,18-19H,8H2. The van der Waals surface area contributed by atoms with Crippen LogP contribution in [0.4, 0.5) is 14.5 Å². The van der Waals surface area contributed by atoms with Gasteiger partial charge in [0.15, 0.2) is 5.82 Å². The number of nitrogens with one attached hydrogen (secondary N) is 1. The van der Waals surface area contributed by atoms with Crippen molar-refractivity contribution in [2.75, 3.05) is 11.9 Å². The highest BCUT2D eigenvalue weighted by Gasteiger charge is 2.13. The van der Waals surface area contributed by atoms with E-state index in [4.69, 9.17) is 11.6 Å². The number of aliphatic hydroxyl groups is 1. The van der Waals surface area contributed by atoms with E-state index in [1.165, 1.54) is 30.3 Å². The average molecular weight is 284 g/mol. The monoisotopic (exact) mass is 283 g/mol. The molecule has 0 aromatic heterocycles. The van der Waals surface area contributed by atoms with E-state index in [1.54, 1.807) is 12.1 Å². The number of aliphatic hydroxyl groups excluding tert-OH is 1. The first kappa shape index (κ1) is 13.8. The molecule has 0 saturated heterocycles. The van der Waals surface area contributed by atoms with Crippen LogP contribution in [0.5, 0.6) is 0 Å². The molecule has 0 aliphatic heterocycles. The number of hydrogen-bond acceptors (Lipinski definition) is 2. The van der Waals surface area contributed by atoms with Crippen molar-refractivity contribution in [2.45, 2.75) is 6.10 Å². The van der Waals surface area contributed by atoms with E-state index in [1.807, 2.05) is 0 Å². The Hall–Kier alpha value is -1.65. The molecule has 2 N–H and O–H groups in total. The van der Waals surface area contributed by atoms with Crippen LogP contribution in [0.3, 0.4) is 0 Å². The summed E-state index contributed by atoms with van der Waals surface area (Å²) in [4.78, 5) is 0. The molecular formula is C14H12ClF2NO. The van der Waals surface area contributed by atoms with E-state index >= 15 is 0 Å². The molecule has 0 saturated carbocycles. The summed E-state index contributed by atoms with van der Waals surface area (Å²) < 4.78 is 27.0. The number of benzene rings is 2. The summed E-state index contributed by atoms with van der Waals surface area (Å²) in [6.45, 7) is -0.0157. The molecule has 0 heterocycles. The van der Waals surface area contributed by atoms with Crippen LogP contribution in [0.15, 0.2) is 42.5 Å². The minimum absolute atomic E-state index is 0.00891. The smallest absolute Gasteiger partial charge is 0.164 e. The Labute approximate surface area is 114 Å². The highest BCUT2D eigenvalue weighted by atomic mass is 35.5. The first-order valence-corrected chi connectivity index (χ1v) is 6.07. The van der Waals surface area contributed by atoms with Crippen LogP contribution in [-0.4, -0.2) is 11.7 Å². The Morgan fingerprint density at radius 3 is 2.58 bits per heavy atom. The van der Waals surface area contributed by atoms with Crippen molar-refractivity contribution >= 4 is 17.3 Å². The molecule has 5 heteroatoms. The third-order valence-corrected chi connectivity index (χ3v) is 2.99. The van der Waals surface area contributed by atoms with Crippen molar-refractivity contribution in [3.8, 4) is 0 Å². The number of anilines is 1. The van der Waals surface area contributed by atoms with Crippen LogP contribution >= 0.6 is 11.6 Å². The topological polar surface area (TPSA) is 32.3 Å². The molecule has 2 aromatic rings. The molecule has 2 rings (SSSR count). The zero-order valence-electron chi connectivity index (χ0n) is 9.91. The van der Waals surface area contributed by atoms with Gasteiger partial charge in [-0.2, -0.15) is 0 Å². The van der Waals surface area contributed by atoms with Crippen LogP contribution < -0.4 is 5.32 Å². The Kier molecular flexibility index (Phi) is 4.35. The van der Waals surface area contributed by atoms with E-state index < -0.39 is 17.7 Å². The second kappa shape index (κ2) is 5.99. The van der Waals surface area contributed by atoms with Crippen LogP contribution in [0.2, 0.25) is 5.02 Å². The zero-order valence-corrected chi connectivity index (χ0v) is 10.7. The Balaban J connectivity index is 2.07. The first-order valence-electron chi connectivity index (χ1n) is 5.70. The van der Waals surface area contributed by atoms with Crippen molar-refractivity contribution in [1.29, 1.82) is 0 Å². The summed E-state index contributed by atoms with van der Waals surface area (Å²) in [5, 5.41) is 12.6. The van der Waals surface area contributed by atoms with Crippen molar-refractivity contribution < 1.29 is 13.9 Å². The molecule has 0 fully saturated rings. The molecule has 0 radical (unpaired) electrons. The number of rotatable bonds is 4. The zero-order chi connectivity index (χ0) is 13.8. The Morgan fingerprint density at radius 2 is 1.84 bits per heavy atom. The molecule has 1 atom stereocenters. The summed E-state index contributed by atoms with van der Waals surface area (Å²) in [7, 11) is 0. The third-order valence-electron chi connectivity index (χ3n) is 2.70. The predicted molar refractivity (Wildman–Crippen MR) is 71.3 cm³/mol. The molecule has 0 spiro atoms. The lowest BCUT2D eigenvalue weighted by molar-refractivity contribution is 0.186. The molecule has 2 nitrogen and oxygen atoms in total. The van der Waals surface area contributed by atoms with Crippen LogP contribution in [0, 0.1) is 11.6 Å². The van der Waals surface area contributed by atoms with E-state index in [2.05, 4.69) is 5.32 Å². The summed E-state index contributed by atoms with van der Waals surface area (Å²) in [6.07, 6.45) is -1.07. The summed E-state index contributed by atoms with van der Waals surface area (Å²) in [6, 6.07) is 10.4. The maximum Gasteiger partial charge on any atom is 0.164 e. The maximum absolute atomic E-state index is 13.6. The normalized spacial score (nSPS) is 12.2. The first-order chi connectivity index (χ1) is 9.09. The highest BCUT2D eigenvalue weighted by molar-refractivity contribution is 6.31. The van der Waals surface area contributed by atoms with Crippen molar-refractivity contribution in [3.05, 3.63) is 64.7 Å². The van der Waals surface area contributed by atoms with Gasteiger partial charge in [-0.3, -0.25) is 0 Å². The number of halogens is 3. The van der Waals surface area contributed by atoms with Gasteiger partial charge in [0, 0.05) is 12.1 Å². The van der Waals surface area contributed by atoms with E-state index in [-0.39, 0.29) is 22.8 Å². The molecule has 0 bridgehead atoms. The van der Waals surface area contributed by atoms with Crippen LogP contribution in [0.1, 0.15) is 11.7 Å². The van der Waals surface area contributed by atoms with Crippen molar-refractivity contribution in [2.24, 2.45) is 0 Å². The van der Waals surface area contributed by atoms with Crippen molar-refractivity contribution in [3.63, 3.8) is 0 Å². The molecule has 1 unspecified atom stereocenters. The van der Waals surface area contributed by atoms with Gasteiger partial charge in [0.25, 0.3) is 0 Å². The van der Waals surface area contributed by atoms with E-state index in [0.29, 0.717) is 0 Å². The quantitative estimate of drug-likeness (QED) is 0.895. The van der Waals surface area contributed by atoms with Gasteiger partial charge in [-0.1, -0.05) is 35.9 Å². The summed E-state index contributed by atoms with van der Waals surface area (Å²) in [5.41, 5.74) is 0.334. The molecule has 100 valence electrons. The summed E-state index contributed by atoms with van der Waals surface area (Å²) in [5.74, 6) is -1.09. The largest absolute Gasteiger partial charge is 0.386 e. The van der Waals surface area contributed by atoms with Gasteiger partial charge in [-0.15, -0.1) is 0 Å². The number of hydrogen-bond donors (Lipinski definition) is 2. The second-order valence-electron chi connectivity index (χ2n) is 4.02. The van der Waals surface area contributed by atoms with Gasteiger partial charge < -0.3 is 10.4 Å². The lowest BCUT2D eigenvalue weighted by Gasteiger charge is -2.14. The molecule has 0 aliphatic carbocycles. The predicted octanol–water partition coefficient (Wildman–Crippen LogP) is 3.76. The van der Waals surface area contributed by atoms with Gasteiger partial charge in [-0.25, -0.2) is 8.78 Å². The van der Waals surface area contributed by atoms with Gasteiger partial charge >= 0.3 is 0 Å². The average Bonchev–Trinajstić information content (AvgIpc) is 2.40. The highest BCUT2D eigenvalue weighted by Crippen LogP contribution is 2.23. The van der Waals surface area contributed by atoms with Crippen LogP contribution in [-0.2, 0) is 0 Å². The van der Waals surface area contributed by atoms with Gasteiger partial charge in [-0.05, 0) is 18.2 Å². The fourth-order valence-corrected chi connectivity index (χ4v) is 1.88. The minimum atomic E-state index is -1.07. The summed E-state index contributed by atoms with van der Waals surface area (Å²) >= 11 is 5.63. The van der Waals surface area contributed by atoms with Crippen LogP contribution in [0.25, 0.3) is 0 Å². The Bertz CT molecular complexity index is 577.